The summed E-state index contributed by atoms with van der Waals surface area (Å²) in [5.74, 6) is -1.20. The van der Waals surface area contributed by atoms with Crippen molar-refractivity contribution in [3.63, 3.8) is 0 Å². The smallest absolute Gasteiger partial charge is 0.340 e. The lowest BCUT2D eigenvalue weighted by Gasteiger charge is -2.34. The van der Waals surface area contributed by atoms with Crippen LogP contribution in [0.15, 0.2) is 48.5 Å². The van der Waals surface area contributed by atoms with Gasteiger partial charge in [0.25, 0.3) is 0 Å². The van der Waals surface area contributed by atoms with Crippen molar-refractivity contribution in [1.82, 2.24) is 4.90 Å². The molecule has 0 bridgehead atoms. The van der Waals surface area contributed by atoms with Gasteiger partial charge in [0, 0.05) is 6.54 Å². The SMILES string of the molecule is CCOC(=O)c1ccccc1NC(=O)CN1Cc2ccccc2C[C@H]1C(=O)OC. The topological polar surface area (TPSA) is 84.9 Å². The maximum atomic E-state index is 12.7. The van der Waals surface area contributed by atoms with Crippen LogP contribution in [-0.4, -0.2) is 49.0 Å². The van der Waals surface area contributed by atoms with Gasteiger partial charge < -0.3 is 14.8 Å². The van der Waals surface area contributed by atoms with E-state index in [2.05, 4.69) is 5.32 Å². The van der Waals surface area contributed by atoms with Crippen LogP contribution in [0.1, 0.15) is 28.4 Å². The fourth-order valence-corrected chi connectivity index (χ4v) is 3.46. The van der Waals surface area contributed by atoms with Crippen molar-refractivity contribution < 1.29 is 23.9 Å². The Balaban J connectivity index is 1.76. The monoisotopic (exact) mass is 396 g/mol. The van der Waals surface area contributed by atoms with Crippen LogP contribution in [-0.2, 0) is 32.0 Å². The molecule has 1 atom stereocenters. The minimum absolute atomic E-state index is 0.00867. The minimum atomic E-state index is -0.541. The second-order valence-electron chi connectivity index (χ2n) is 6.73. The fraction of sp³-hybridized carbons (Fsp3) is 0.318. The number of fused-ring (bicyclic) bond motifs is 1. The Morgan fingerprint density at radius 1 is 1.07 bits per heavy atom. The van der Waals surface area contributed by atoms with E-state index < -0.39 is 12.0 Å². The number of anilines is 1. The number of para-hydroxylation sites is 1. The minimum Gasteiger partial charge on any atom is -0.468 e. The van der Waals surface area contributed by atoms with Gasteiger partial charge in [-0.1, -0.05) is 36.4 Å². The van der Waals surface area contributed by atoms with Crippen molar-refractivity contribution in [2.45, 2.75) is 25.9 Å². The fourth-order valence-electron chi connectivity index (χ4n) is 3.46. The first-order chi connectivity index (χ1) is 14.0. The maximum Gasteiger partial charge on any atom is 0.340 e. The first kappa shape index (κ1) is 20.5. The van der Waals surface area contributed by atoms with Gasteiger partial charge in [-0.05, 0) is 36.6 Å². The number of amides is 1. The average Bonchev–Trinajstić information content (AvgIpc) is 2.73. The number of rotatable bonds is 6. The number of methoxy groups -OCH3 is 1. The third kappa shape index (κ3) is 4.81. The van der Waals surface area contributed by atoms with Gasteiger partial charge in [-0.2, -0.15) is 0 Å². The van der Waals surface area contributed by atoms with Crippen LogP contribution in [0.3, 0.4) is 0 Å². The molecule has 1 aliphatic rings. The summed E-state index contributed by atoms with van der Waals surface area (Å²) in [5, 5.41) is 2.77. The van der Waals surface area contributed by atoms with Crippen LogP contribution in [0, 0.1) is 0 Å². The van der Waals surface area contributed by atoms with Crippen molar-refractivity contribution in [1.29, 1.82) is 0 Å². The Kier molecular flexibility index (Phi) is 6.61. The van der Waals surface area contributed by atoms with Crippen molar-refractivity contribution in [2.24, 2.45) is 0 Å². The van der Waals surface area contributed by atoms with Crippen molar-refractivity contribution in [3.8, 4) is 0 Å². The molecule has 0 saturated heterocycles. The third-order valence-electron chi connectivity index (χ3n) is 4.86. The van der Waals surface area contributed by atoms with Crippen LogP contribution in [0.2, 0.25) is 0 Å². The summed E-state index contributed by atoms with van der Waals surface area (Å²) in [4.78, 5) is 38.9. The molecular formula is C22H24N2O5. The molecule has 0 fully saturated rings. The van der Waals surface area contributed by atoms with E-state index >= 15 is 0 Å². The molecule has 0 radical (unpaired) electrons. The van der Waals surface area contributed by atoms with Gasteiger partial charge in [-0.15, -0.1) is 0 Å². The molecule has 2 aromatic rings. The van der Waals surface area contributed by atoms with Crippen LogP contribution in [0.4, 0.5) is 5.69 Å². The maximum absolute atomic E-state index is 12.7. The molecule has 7 nitrogen and oxygen atoms in total. The molecule has 29 heavy (non-hydrogen) atoms. The zero-order chi connectivity index (χ0) is 20.8. The van der Waals surface area contributed by atoms with E-state index in [0.717, 1.165) is 11.1 Å². The van der Waals surface area contributed by atoms with E-state index in [1.165, 1.54) is 7.11 Å². The summed E-state index contributed by atoms with van der Waals surface area (Å²) < 4.78 is 9.98. The molecule has 152 valence electrons. The number of benzene rings is 2. The van der Waals surface area contributed by atoms with E-state index in [-0.39, 0.29) is 30.6 Å². The molecular weight excluding hydrogens is 372 g/mol. The Morgan fingerprint density at radius 2 is 1.76 bits per heavy atom. The number of esters is 2. The van der Waals surface area contributed by atoms with Gasteiger partial charge in [-0.25, -0.2) is 4.79 Å². The van der Waals surface area contributed by atoms with Crippen LogP contribution >= 0.6 is 0 Å². The van der Waals surface area contributed by atoms with Gasteiger partial charge in [-0.3, -0.25) is 14.5 Å². The average molecular weight is 396 g/mol. The van der Waals surface area contributed by atoms with E-state index in [4.69, 9.17) is 9.47 Å². The highest BCUT2D eigenvalue weighted by Gasteiger charge is 2.33. The molecule has 1 heterocycles. The lowest BCUT2D eigenvalue weighted by atomic mass is 9.94. The van der Waals surface area contributed by atoms with Crippen LogP contribution in [0.5, 0.6) is 0 Å². The predicted octanol–water partition coefficient (Wildman–Crippen LogP) is 2.40. The second-order valence-corrected chi connectivity index (χ2v) is 6.73. The number of nitrogens with one attached hydrogen (secondary N) is 1. The predicted molar refractivity (Wildman–Crippen MR) is 107 cm³/mol. The van der Waals surface area contributed by atoms with E-state index in [9.17, 15) is 14.4 Å². The van der Waals surface area contributed by atoms with Gasteiger partial charge in [0.15, 0.2) is 0 Å². The lowest BCUT2D eigenvalue weighted by molar-refractivity contribution is -0.148. The molecule has 1 aliphatic heterocycles. The van der Waals surface area contributed by atoms with Crippen LogP contribution < -0.4 is 5.32 Å². The largest absolute Gasteiger partial charge is 0.468 e. The number of carbonyl (C=O) groups is 3. The normalized spacial score (nSPS) is 15.9. The van der Waals surface area contributed by atoms with E-state index in [0.29, 0.717) is 18.7 Å². The highest BCUT2D eigenvalue weighted by atomic mass is 16.5. The quantitative estimate of drug-likeness (QED) is 0.755. The molecule has 1 N–H and O–H groups in total. The Labute approximate surface area is 169 Å². The summed E-state index contributed by atoms with van der Waals surface area (Å²) >= 11 is 0. The lowest BCUT2D eigenvalue weighted by Crippen LogP contribution is -2.49. The number of ether oxygens (including phenoxy) is 2. The van der Waals surface area contributed by atoms with Crippen LogP contribution in [0.25, 0.3) is 0 Å². The summed E-state index contributed by atoms with van der Waals surface area (Å²) in [7, 11) is 1.34. The van der Waals surface area contributed by atoms with E-state index in [1.807, 2.05) is 24.3 Å². The standard InChI is InChI=1S/C22H24N2O5/c1-3-29-21(26)17-10-6-7-11-18(17)23-20(25)14-24-13-16-9-5-4-8-15(16)12-19(24)22(27)28-2/h4-11,19H,3,12-14H2,1-2H3,(H,23,25)/t19-/m0/s1. The molecule has 1 amide bonds. The summed E-state index contributed by atoms with van der Waals surface area (Å²) in [6.07, 6.45) is 0.482. The summed E-state index contributed by atoms with van der Waals surface area (Å²) in [6.45, 7) is 2.42. The first-order valence-electron chi connectivity index (χ1n) is 9.48. The molecule has 7 heteroatoms. The number of hydrogen-bond acceptors (Lipinski definition) is 6. The zero-order valence-corrected chi connectivity index (χ0v) is 16.5. The molecule has 2 aromatic carbocycles. The Bertz CT molecular complexity index is 912. The van der Waals surface area contributed by atoms with Gasteiger partial charge >= 0.3 is 11.9 Å². The Hall–Kier alpha value is -3.19. The molecule has 0 saturated carbocycles. The number of hydrogen-bond donors (Lipinski definition) is 1. The van der Waals surface area contributed by atoms with E-state index in [1.54, 1.807) is 36.1 Å². The second kappa shape index (κ2) is 9.34. The number of nitrogens with zero attached hydrogens (tertiary/aromatic N) is 1. The molecule has 3 rings (SSSR count). The van der Waals surface area contributed by atoms with Gasteiger partial charge in [0.1, 0.15) is 6.04 Å². The van der Waals surface area contributed by atoms with Gasteiger partial charge in [0.2, 0.25) is 5.91 Å². The molecule has 0 aromatic heterocycles. The highest BCUT2D eigenvalue weighted by molar-refractivity contribution is 6.01. The van der Waals surface area contributed by atoms with Crippen molar-refractivity contribution in [3.05, 3.63) is 65.2 Å². The summed E-state index contributed by atoms with van der Waals surface area (Å²) in [5.41, 5.74) is 2.82. The molecule has 0 aliphatic carbocycles. The number of carbonyl (C=O) groups excluding carboxylic acids is 3. The highest BCUT2D eigenvalue weighted by Crippen LogP contribution is 2.24. The zero-order valence-electron chi connectivity index (χ0n) is 16.5. The molecule has 0 spiro atoms. The third-order valence-corrected chi connectivity index (χ3v) is 4.86. The molecule has 0 unspecified atom stereocenters. The first-order valence-corrected chi connectivity index (χ1v) is 9.48. The Morgan fingerprint density at radius 3 is 2.48 bits per heavy atom. The van der Waals surface area contributed by atoms with Crippen molar-refractivity contribution >= 4 is 23.5 Å². The van der Waals surface area contributed by atoms with Gasteiger partial charge in [0.05, 0.1) is 31.5 Å². The van der Waals surface area contributed by atoms with Crippen molar-refractivity contribution in [2.75, 3.05) is 25.6 Å². The summed E-state index contributed by atoms with van der Waals surface area (Å²) in [6, 6.07) is 14.0.